The third-order valence-electron chi connectivity index (χ3n) is 11.2. The van der Waals surface area contributed by atoms with Crippen LogP contribution in [-0.2, 0) is 6.42 Å². The quantitative estimate of drug-likeness (QED) is 0.0731. The molecule has 0 radical (unpaired) electrons. The number of unbranched alkanes of at least 4 members (excludes halogenated alkanes) is 4. The highest BCUT2D eigenvalue weighted by Crippen LogP contribution is 2.38. The first-order valence-electron chi connectivity index (χ1n) is 21.8. The summed E-state index contributed by atoms with van der Waals surface area (Å²) in [4.78, 5) is 2.67. The highest BCUT2D eigenvalue weighted by Gasteiger charge is 2.19. The van der Waals surface area contributed by atoms with Gasteiger partial charge in [-0.15, -0.1) is 5.11 Å². The fourth-order valence-electron chi connectivity index (χ4n) is 7.09. The van der Waals surface area contributed by atoms with E-state index in [9.17, 15) is 0 Å². The lowest BCUT2D eigenvalue weighted by Crippen LogP contribution is -2.34. The molecule has 0 saturated heterocycles. The Hall–Kier alpha value is -3.54. The highest BCUT2D eigenvalue weighted by atomic mass is 16.5. The lowest BCUT2D eigenvalue weighted by Gasteiger charge is -2.33. The van der Waals surface area contributed by atoms with Gasteiger partial charge >= 0.3 is 0 Å². The van der Waals surface area contributed by atoms with Crippen LogP contribution in [0.5, 0.6) is 5.75 Å². The molecule has 3 aromatic carbocycles. The standard InChI is InChI=1S/C48H75N5O/c1-10-17-21-39(14-5)34-53(35-40(15-6)22-18-11-2)44-29-30-45(37(8)31-44)50-52-47-32-38(9)46(33-48(47)54-36-41(16-7)23-19-12-3)51-49-43-27-25-42(26-28-43)24-20-13-4/h25-33,39-41H,10-24,34-36H2,1-9H3. The van der Waals surface area contributed by atoms with Crippen molar-refractivity contribution >= 4 is 28.4 Å². The monoisotopic (exact) mass is 738 g/mol. The van der Waals surface area contributed by atoms with Crippen molar-refractivity contribution in [2.45, 2.75) is 159 Å². The van der Waals surface area contributed by atoms with Gasteiger partial charge < -0.3 is 9.64 Å². The number of azo groups is 2. The van der Waals surface area contributed by atoms with Gasteiger partial charge in [-0.3, -0.25) is 0 Å². The Bertz CT molecular complexity index is 1510. The minimum absolute atomic E-state index is 0.494. The number of hydrogen-bond donors (Lipinski definition) is 0. The van der Waals surface area contributed by atoms with E-state index in [0.717, 1.165) is 66.2 Å². The number of ether oxygens (including phenoxy) is 1. The minimum Gasteiger partial charge on any atom is -0.491 e. The summed E-state index contributed by atoms with van der Waals surface area (Å²) >= 11 is 0. The molecule has 0 amide bonds. The summed E-state index contributed by atoms with van der Waals surface area (Å²) < 4.78 is 6.55. The van der Waals surface area contributed by atoms with Gasteiger partial charge in [0.05, 0.1) is 23.7 Å². The first kappa shape index (κ1) is 44.9. The van der Waals surface area contributed by atoms with Gasteiger partial charge in [0.1, 0.15) is 11.4 Å². The zero-order valence-corrected chi connectivity index (χ0v) is 35.8. The largest absolute Gasteiger partial charge is 0.491 e. The molecule has 0 bridgehead atoms. The summed E-state index contributed by atoms with van der Waals surface area (Å²) in [5.41, 5.74) is 8.02. The molecule has 3 rings (SSSR count). The summed E-state index contributed by atoms with van der Waals surface area (Å²) in [5.74, 6) is 2.62. The van der Waals surface area contributed by atoms with E-state index in [0.29, 0.717) is 30.1 Å². The Morgan fingerprint density at radius 3 is 1.63 bits per heavy atom. The molecule has 6 heteroatoms. The molecule has 0 aromatic heterocycles. The minimum atomic E-state index is 0.494. The van der Waals surface area contributed by atoms with Crippen molar-refractivity contribution in [1.29, 1.82) is 0 Å². The molecular formula is C48H75N5O. The van der Waals surface area contributed by atoms with Crippen LogP contribution in [0.4, 0.5) is 28.4 Å². The van der Waals surface area contributed by atoms with Gasteiger partial charge in [-0.05, 0) is 117 Å². The van der Waals surface area contributed by atoms with Crippen LogP contribution in [0.1, 0.15) is 155 Å². The Morgan fingerprint density at radius 1 is 0.537 bits per heavy atom. The third kappa shape index (κ3) is 15.3. The van der Waals surface area contributed by atoms with Crippen molar-refractivity contribution in [3.8, 4) is 5.75 Å². The molecule has 0 fully saturated rings. The van der Waals surface area contributed by atoms with Gasteiger partial charge in [-0.25, -0.2) is 0 Å². The van der Waals surface area contributed by atoms with E-state index in [-0.39, 0.29) is 0 Å². The number of anilines is 1. The van der Waals surface area contributed by atoms with Gasteiger partial charge in [0.2, 0.25) is 0 Å². The molecule has 0 aliphatic carbocycles. The fourth-order valence-corrected chi connectivity index (χ4v) is 7.09. The van der Waals surface area contributed by atoms with E-state index in [1.807, 2.05) is 12.1 Å². The Morgan fingerprint density at radius 2 is 1.07 bits per heavy atom. The zero-order valence-electron chi connectivity index (χ0n) is 35.8. The van der Waals surface area contributed by atoms with Crippen LogP contribution < -0.4 is 9.64 Å². The van der Waals surface area contributed by atoms with Crippen molar-refractivity contribution in [1.82, 2.24) is 0 Å². The van der Waals surface area contributed by atoms with Crippen molar-refractivity contribution in [3.63, 3.8) is 0 Å². The van der Waals surface area contributed by atoms with Crippen LogP contribution in [0.3, 0.4) is 0 Å². The predicted octanol–water partition coefficient (Wildman–Crippen LogP) is 16.3. The average Bonchev–Trinajstić information content (AvgIpc) is 3.19. The molecule has 0 aliphatic heterocycles. The van der Waals surface area contributed by atoms with Crippen LogP contribution >= 0.6 is 0 Å². The molecule has 0 N–H and O–H groups in total. The maximum absolute atomic E-state index is 6.55. The van der Waals surface area contributed by atoms with Gasteiger partial charge in [-0.1, -0.05) is 125 Å². The van der Waals surface area contributed by atoms with Gasteiger partial charge in [-0.2, -0.15) is 15.3 Å². The number of nitrogens with zero attached hydrogens (tertiary/aromatic N) is 5. The normalized spacial score (nSPS) is 13.5. The maximum atomic E-state index is 6.55. The van der Waals surface area contributed by atoms with Crippen LogP contribution in [0.25, 0.3) is 0 Å². The summed E-state index contributed by atoms with van der Waals surface area (Å²) in [5, 5.41) is 18.9. The van der Waals surface area contributed by atoms with E-state index in [2.05, 4.69) is 120 Å². The van der Waals surface area contributed by atoms with Crippen LogP contribution in [0.15, 0.2) is 75.1 Å². The number of hydrogen-bond acceptors (Lipinski definition) is 6. The summed E-state index contributed by atoms with van der Waals surface area (Å²) in [6.45, 7) is 23.2. The zero-order chi connectivity index (χ0) is 39.1. The number of aryl methyl sites for hydroxylation is 3. The summed E-state index contributed by atoms with van der Waals surface area (Å²) in [6, 6.07) is 19.2. The van der Waals surface area contributed by atoms with Gasteiger partial charge in [0, 0.05) is 24.8 Å². The van der Waals surface area contributed by atoms with Crippen molar-refractivity contribution in [2.24, 2.45) is 38.2 Å². The third-order valence-corrected chi connectivity index (χ3v) is 11.2. The molecule has 0 saturated carbocycles. The molecule has 298 valence electrons. The SMILES string of the molecule is CCCCc1ccc(N=Nc2cc(OCC(CC)CCCC)c(N=Nc3ccc(N(CC(CC)CCCC)CC(CC)CCCC)cc3C)cc2C)cc1. The Balaban J connectivity index is 1.92. The van der Waals surface area contributed by atoms with Crippen LogP contribution in [0, 0.1) is 31.6 Å². The highest BCUT2D eigenvalue weighted by molar-refractivity contribution is 5.64. The molecule has 3 unspecified atom stereocenters. The van der Waals surface area contributed by atoms with E-state index in [1.165, 1.54) is 88.3 Å². The molecule has 6 nitrogen and oxygen atoms in total. The van der Waals surface area contributed by atoms with E-state index < -0.39 is 0 Å². The molecule has 3 aromatic rings. The van der Waals surface area contributed by atoms with Crippen molar-refractivity contribution < 1.29 is 4.74 Å². The lowest BCUT2D eigenvalue weighted by atomic mass is 9.95. The van der Waals surface area contributed by atoms with Crippen LogP contribution in [-0.4, -0.2) is 19.7 Å². The first-order valence-corrected chi connectivity index (χ1v) is 21.8. The van der Waals surface area contributed by atoms with E-state index in [1.54, 1.807) is 0 Å². The van der Waals surface area contributed by atoms with Crippen LogP contribution in [0.2, 0.25) is 0 Å². The van der Waals surface area contributed by atoms with Gasteiger partial charge in [0.25, 0.3) is 0 Å². The molecule has 54 heavy (non-hydrogen) atoms. The first-order chi connectivity index (χ1) is 26.3. The smallest absolute Gasteiger partial charge is 0.149 e. The predicted molar refractivity (Wildman–Crippen MR) is 233 cm³/mol. The molecule has 3 atom stereocenters. The average molecular weight is 738 g/mol. The Labute approximate surface area is 330 Å². The maximum Gasteiger partial charge on any atom is 0.149 e. The molecular weight excluding hydrogens is 663 g/mol. The number of rotatable bonds is 27. The second-order valence-electron chi connectivity index (χ2n) is 15.7. The summed E-state index contributed by atoms with van der Waals surface area (Å²) in [6.07, 6.45) is 18.3. The topological polar surface area (TPSA) is 61.9 Å². The fraction of sp³-hybridized carbons (Fsp3) is 0.625. The molecule has 0 spiro atoms. The number of benzene rings is 3. The second kappa shape index (κ2) is 25.5. The molecule has 0 aliphatic rings. The summed E-state index contributed by atoms with van der Waals surface area (Å²) in [7, 11) is 0. The lowest BCUT2D eigenvalue weighted by molar-refractivity contribution is 0.234. The van der Waals surface area contributed by atoms with E-state index in [4.69, 9.17) is 15.0 Å². The Kier molecular flexibility index (Phi) is 21.2. The van der Waals surface area contributed by atoms with Gasteiger partial charge in [0.15, 0.2) is 0 Å². The second-order valence-corrected chi connectivity index (χ2v) is 15.7. The van der Waals surface area contributed by atoms with Crippen molar-refractivity contribution in [3.05, 3.63) is 71.3 Å². The molecule has 0 heterocycles. The van der Waals surface area contributed by atoms with Crippen molar-refractivity contribution in [2.75, 3.05) is 24.6 Å². The van der Waals surface area contributed by atoms with E-state index >= 15 is 0 Å².